The van der Waals surface area contributed by atoms with Gasteiger partial charge in [-0.3, -0.25) is 9.36 Å². The predicted molar refractivity (Wildman–Crippen MR) is 151 cm³/mol. The third-order valence-electron chi connectivity index (χ3n) is 5.63. The molecule has 0 aliphatic rings. The number of rotatable bonds is 10. The molecular weight excluding hydrogens is 552 g/mol. The quantitative estimate of drug-likeness (QED) is 0.203. The van der Waals surface area contributed by atoms with Gasteiger partial charge in [0, 0.05) is 21.9 Å². The molecule has 192 valence electrons. The molecule has 1 unspecified atom stereocenters. The summed E-state index contributed by atoms with van der Waals surface area (Å²) in [5.74, 6) is 2.35. The second-order valence-electron chi connectivity index (χ2n) is 8.67. The Kier molecular flexibility index (Phi) is 8.89. The summed E-state index contributed by atoms with van der Waals surface area (Å²) >= 11 is 4.84. The minimum atomic E-state index is -0.403. The van der Waals surface area contributed by atoms with Gasteiger partial charge in [-0.1, -0.05) is 65.8 Å². The summed E-state index contributed by atoms with van der Waals surface area (Å²) in [4.78, 5) is 12.9. The summed E-state index contributed by atoms with van der Waals surface area (Å²) in [7, 11) is 1.62. The first kappa shape index (κ1) is 26.8. The molecular formula is C28H29BrN4O3S. The van der Waals surface area contributed by atoms with Crippen LogP contribution in [-0.2, 0) is 4.79 Å². The topological polar surface area (TPSA) is 78.3 Å². The van der Waals surface area contributed by atoms with Gasteiger partial charge in [0.05, 0.1) is 12.9 Å². The van der Waals surface area contributed by atoms with Crippen LogP contribution in [0.25, 0.3) is 5.69 Å². The second-order valence-corrected chi connectivity index (χ2v) is 10.5. The van der Waals surface area contributed by atoms with E-state index in [4.69, 9.17) is 9.47 Å². The summed E-state index contributed by atoms with van der Waals surface area (Å²) in [5, 5.41) is 12.5. The zero-order valence-corrected chi connectivity index (χ0v) is 23.5. The highest BCUT2D eigenvalue weighted by Gasteiger charge is 2.22. The average molecular weight is 582 g/mol. The smallest absolute Gasteiger partial charge is 0.234 e. The summed E-state index contributed by atoms with van der Waals surface area (Å²) in [5.41, 5.74) is 2.78. The average Bonchev–Trinajstić information content (AvgIpc) is 3.33. The lowest BCUT2D eigenvalue weighted by atomic mass is 10.0. The van der Waals surface area contributed by atoms with Crippen LogP contribution in [0, 0.1) is 0 Å². The number of benzene rings is 3. The van der Waals surface area contributed by atoms with E-state index >= 15 is 0 Å². The number of methoxy groups -OCH3 is 1. The van der Waals surface area contributed by atoms with Crippen LogP contribution in [0.5, 0.6) is 11.5 Å². The van der Waals surface area contributed by atoms with Crippen molar-refractivity contribution in [1.29, 1.82) is 0 Å². The van der Waals surface area contributed by atoms with E-state index < -0.39 is 6.10 Å². The van der Waals surface area contributed by atoms with Gasteiger partial charge >= 0.3 is 0 Å². The molecule has 0 aliphatic carbocycles. The molecule has 1 amide bonds. The second kappa shape index (κ2) is 12.3. The first-order chi connectivity index (χ1) is 17.9. The Morgan fingerprint density at radius 3 is 2.49 bits per heavy atom. The Balaban J connectivity index is 1.54. The molecule has 0 aliphatic heterocycles. The first-order valence-corrected chi connectivity index (χ1v) is 13.7. The van der Waals surface area contributed by atoms with Gasteiger partial charge in [0.15, 0.2) is 17.1 Å². The maximum Gasteiger partial charge on any atom is 0.234 e. The van der Waals surface area contributed by atoms with Crippen LogP contribution >= 0.6 is 27.7 Å². The summed E-state index contributed by atoms with van der Waals surface area (Å²) < 4.78 is 14.4. The number of carbonyl (C=O) groups excluding carboxylic acids is 1. The van der Waals surface area contributed by atoms with E-state index in [9.17, 15) is 4.79 Å². The number of carbonyl (C=O) groups is 1. The predicted octanol–water partition coefficient (Wildman–Crippen LogP) is 7.03. The number of halogens is 1. The molecule has 3 aromatic carbocycles. The Morgan fingerprint density at radius 1 is 1.00 bits per heavy atom. The zero-order valence-electron chi connectivity index (χ0n) is 21.1. The Morgan fingerprint density at radius 2 is 1.76 bits per heavy atom. The molecule has 1 N–H and O–H groups in total. The fraction of sp³-hybridized carbons (Fsp3) is 0.250. The lowest BCUT2D eigenvalue weighted by Gasteiger charge is -2.17. The van der Waals surface area contributed by atoms with Gasteiger partial charge in [-0.05, 0) is 60.9 Å². The molecule has 0 saturated carbocycles. The summed E-state index contributed by atoms with van der Waals surface area (Å²) in [6.07, 6.45) is -0.403. The van der Waals surface area contributed by atoms with E-state index in [-0.39, 0.29) is 17.6 Å². The van der Waals surface area contributed by atoms with Gasteiger partial charge in [-0.15, -0.1) is 10.2 Å². The fourth-order valence-corrected chi connectivity index (χ4v) is 4.97. The maximum atomic E-state index is 12.9. The SMILES string of the molecule is COc1cccc(OC(C)c2nnc(SCC(=O)Nc3ccc(Br)cc3C(C)C)n2-c2ccccc2)c1. The van der Waals surface area contributed by atoms with E-state index in [2.05, 4.69) is 45.3 Å². The van der Waals surface area contributed by atoms with Crippen molar-refractivity contribution in [3.63, 3.8) is 0 Å². The Hall–Kier alpha value is -3.30. The normalized spacial score (nSPS) is 11.8. The molecule has 0 fully saturated rings. The van der Waals surface area contributed by atoms with Crippen LogP contribution in [0.4, 0.5) is 5.69 Å². The molecule has 4 rings (SSSR count). The number of amides is 1. The van der Waals surface area contributed by atoms with Crippen LogP contribution in [0.15, 0.2) is 82.4 Å². The standard InChI is InChI=1S/C28H29BrN4O3S/c1-18(2)24-15-20(29)13-14-25(24)30-26(34)17-37-28-32-31-27(33(28)21-9-6-5-7-10-21)19(3)36-23-12-8-11-22(16-23)35-4/h5-16,18-19H,17H2,1-4H3,(H,30,34). The Labute approximate surface area is 229 Å². The highest BCUT2D eigenvalue weighted by Crippen LogP contribution is 2.30. The number of hydrogen-bond donors (Lipinski definition) is 1. The molecule has 9 heteroatoms. The number of thioether (sulfide) groups is 1. The molecule has 4 aromatic rings. The van der Waals surface area contributed by atoms with Crippen molar-refractivity contribution < 1.29 is 14.3 Å². The van der Waals surface area contributed by atoms with E-state index in [0.717, 1.165) is 21.4 Å². The van der Waals surface area contributed by atoms with Crippen LogP contribution in [-0.4, -0.2) is 33.5 Å². The molecule has 1 heterocycles. The number of nitrogens with one attached hydrogen (secondary N) is 1. The summed E-state index contributed by atoms with van der Waals surface area (Å²) in [6, 6.07) is 23.1. The molecule has 0 bridgehead atoms. The minimum Gasteiger partial charge on any atom is -0.497 e. The zero-order chi connectivity index (χ0) is 26.4. The highest BCUT2D eigenvalue weighted by atomic mass is 79.9. The number of ether oxygens (including phenoxy) is 2. The van der Waals surface area contributed by atoms with Crippen molar-refractivity contribution >= 4 is 39.3 Å². The van der Waals surface area contributed by atoms with E-state index in [1.807, 2.05) is 84.3 Å². The molecule has 1 aromatic heterocycles. The van der Waals surface area contributed by atoms with Crippen LogP contribution in [0.1, 0.15) is 44.2 Å². The molecule has 37 heavy (non-hydrogen) atoms. The number of aromatic nitrogens is 3. The maximum absolute atomic E-state index is 12.9. The number of para-hydroxylation sites is 1. The largest absolute Gasteiger partial charge is 0.497 e. The first-order valence-electron chi connectivity index (χ1n) is 11.9. The van der Waals surface area contributed by atoms with Gasteiger partial charge in [0.1, 0.15) is 11.5 Å². The van der Waals surface area contributed by atoms with Crippen LogP contribution < -0.4 is 14.8 Å². The van der Waals surface area contributed by atoms with Gasteiger partial charge in [-0.25, -0.2) is 0 Å². The molecule has 0 radical (unpaired) electrons. The van der Waals surface area contributed by atoms with Gasteiger partial charge in [0.25, 0.3) is 0 Å². The molecule has 0 saturated heterocycles. The minimum absolute atomic E-state index is 0.112. The number of hydrogen-bond acceptors (Lipinski definition) is 6. The van der Waals surface area contributed by atoms with Crippen molar-refractivity contribution in [3.05, 3.63) is 88.7 Å². The van der Waals surface area contributed by atoms with Crippen molar-refractivity contribution in [3.8, 4) is 17.2 Å². The lowest BCUT2D eigenvalue weighted by molar-refractivity contribution is -0.113. The Bertz CT molecular complexity index is 1360. The van der Waals surface area contributed by atoms with Crippen molar-refractivity contribution in [2.24, 2.45) is 0 Å². The van der Waals surface area contributed by atoms with Gasteiger partial charge < -0.3 is 14.8 Å². The fourth-order valence-electron chi connectivity index (χ4n) is 3.83. The van der Waals surface area contributed by atoms with Crippen molar-refractivity contribution in [2.75, 3.05) is 18.2 Å². The molecule has 1 atom stereocenters. The number of anilines is 1. The lowest BCUT2D eigenvalue weighted by Crippen LogP contribution is -2.16. The van der Waals surface area contributed by atoms with E-state index in [1.54, 1.807) is 7.11 Å². The highest BCUT2D eigenvalue weighted by molar-refractivity contribution is 9.10. The van der Waals surface area contributed by atoms with Crippen LogP contribution in [0.2, 0.25) is 0 Å². The van der Waals surface area contributed by atoms with Crippen molar-refractivity contribution in [2.45, 2.75) is 37.9 Å². The van der Waals surface area contributed by atoms with E-state index in [1.165, 1.54) is 11.8 Å². The molecule has 7 nitrogen and oxygen atoms in total. The number of nitrogens with zero attached hydrogens (tertiary/aromatic N) is 3. The van der Waals surface area contributed by atoms with Gasteiger partial charge in [0.2, 0.25) is 5.91 Å². The van der Waals surface area contributed by atoms with Crippen LogP contribution in [0.3, 0.4) is 0 Å². The van der Waals surface area contributed by atoms with Crippen molar-refractivity contribution in [1.82, 2.24) is 14.8 Å². The third kappa shape index (κ3) is 6.72. The van der Waals surface area contributed by atoms with Gasteiger partial charge in [-0.2, -0.15) is 0 Å². The third-order valence-corrected chi connectivity index (χ3v) is 7.05. The van der Waals surface area contributed by atoms with E-state index in [0.29, 0.717) is 22.5 Å². The molecule has 0 spiro atoms. The summed E-state index contributed by atoms with van der Waals surface area (Å²) in [6.45, 7) is 6.13. The monoisotopic (exact) mass is 580 g/mol.